The van der Waals surface area contributed by atoms with E-state index in [0.717, 1.165) is 5.69 Å². The standard InChI is InChI=1S/C10H10ClFN4/c1-13-5-8-6-14-15-16(8)7-2-3-9(11)10(12)4-7/h2-4,6,13H,5H2,1H3. The van der Waals surface area contributed by atoms with E-state index in [0.29, 0.717) is 12.2 Å². The summed E-state index contributed by atoms with van der Waals surface area (Å²) in [7, 11) is 1.82. The van der Waals surface area contributed by atoms with Crippen LogP contribution in [0.15, 0.2) is 24.4 Å². The monoisotopic (exact) mass is 240 g/mol. The molecule has 2 aromatic rings. The van der Waals surface area contributed by atoms with Crippen LogP contribution in [0, 0.1) is 5.82 Å². The Balaban J connectivity index is 2.42. The number of benzene rings is 1. The third-order valence-electron chi connectivity index (χ3n) is 2.13. The molecule has 6 heteroatoms. The van der Waals surface area contributed by atoms with Gasteiger partial charge in [-0.3, -0.25) is 0 Å². The van der Waals surface area contributed by atoms with Crippen LogP contribution in [-0.4, -0.2) is 22.0 Å². The summed E-state index contributed by atoms with van der Waals surface area (Å²) in [6.45, 7) is 0.608. The normalized spacial score (nSPS) is 10.7. The van der Waals surface area contributed by atoms with Gasteiger partial charge in [-0.15, -0.1) is 5.10 Å². The molecular formula is C10H10ClFN4. The van der Waals surface area contributed by atoms with Crippen LogP contribution in [0.1, 0.15) is 5.69 Å². The molecule has 4 nitrogen and oxygen atoms in total. The molecule has 0 fully saturated rings. The van der Waals surface area contributed by atoms with Gasteiger partial charge in [-0.1, -0.05) is 16.8 Å². The number of halogens is 2. The largest absolute Gasteiger partial charge is 0.314 e. The van der Waals surface area contributed by atoms with Crippen molar-refractivity contribution < 1.29 is 4.39 Å². The first kappa shape index (κ1) is 11.0. The average molecular weight is 241 g/mol. The fraction of sp³-hybridized carbons (Fsp3) is 0.200. The van der Waals surface area contributed by atoms with Crippen LogP contribution in [0.4, 0.5) is 4.39 Å². The Kier molecular flexibility index (Phi) is 3.17. The maximum atomic E-state index is 13.3. The first-order chi connectivity index (χ1) is 7.72. The number of aromatic nitrogens is 3. The lowest BCUT2D eigenvalue weighted by atomic mass is 10.3. The van der Waals surface area contributed by atoms with Crippen molar-refractivity contribution in [3.63, 3.8) is 0 Å². The predicted molar refractivity (Wildman–Crippen MR) is 59.1 cm³/mol. The van der Waals surface area contributed by atoms with E-state index in [1.807, 2.05) is 7.05 Å². The van der Waals surface area contributed by atoms with Gasteiger partial charge in [0.2, 0.25) is 0 Å². The van der Waals surface area contributed by atoms with E-state index in [1.165, 1.54) is 12.1 Å². The second-order valence-electron chi connectivity index (χ2n) is 3.27. The van der Waals surface area contributed by atoms with Crippen LogP contribution < -0.4 is 5.32 Å². The van der Waals surface area contributed by atoms with Crippen LogP contribution in [0.5, 0.6) is 0 Å². The highest BCUT2D eigenvalue weighted by Crippen LogP contribution is 2.18. The topological polar surface area (TPSA) is 42.7 Å². The number of nitrogens with zero attached hydrogens (tertiary/aromatic N) is 3. The minimum absolute atomic E-state index is 0.0963. The molecular weight excluding hydrogens is 231 g/mol. The number of nitrogens with one attached hydrogen (secondary N) is 1. The molecule has 0 atom stereocenters. The van der Waals surface area contributed by atoms with E-state index in [4.69, 9.17) is 11.6 Å². The molecule has 0 aliphatic rings. The van der Waals surface area contributed by atoms with Crippen molar-refractivity contribution in [3.05, 3.63) is 40.9 Å². The first-order valence-corrected chi connectivity index (χ1v) is 5.10. The maximum absolute atomic E-state index is 13.3. The van der Waals surface area contributed by atoms with Crippen molar-refractivity contribution in [1.29, 1.82) is 0 Å². The van der Waals surface area contributed by atoms with Crippen molar-refractivity contribution in [3.8, 4) is 5.69 Å². The molecule has 2 rings (SSSR count). The van der Waals surface area contributed by atoms with Crippen LogP contribution in [-0.2, 0) is 6.54 Å². The van der Waals surface area contributed by atoms with Gasteiger partial charge in [0.25, 0.3) is 0 Å². The Labute approximate surface area is 97.0 Å². The minimum Gasteiger partial charge on any atom is -0.314 e. The molecule has 0 aliphatic carbocycles. The molecule has 16 heavy (non-hydrogen) atoms. The lowest BCUT2D eigenvalue weighted by Gasteiger charge is -2.06. The van der Waals surface area contributed by atoms with Gasteiger partial charge < -0.3 is 5.32 Å². The average Bonchev–Trinajstić information content (AvgIpc) is 2.71. The fourth-order valence-corrected chi connectivity index (χ4v) is 1.51. The quantitative estimate of drug-likeness (QED) is 0.889. The molecule has 1 aromatic carbocycles. The third kappa shape index (κ3) is 2.05. The number of hydrogen-bond acceptors (Lipinski definition) is 3. The molecule has 0 saturated carbocycles. The molecule has 0 radical (unpaired) electrons. The van der Waals surface area contributed by atoms with E-state index in [-0.39, 0.29) is 5.02 Å². The van der Waals surface area contributed by atoms with Gasteiger partial charge in [0.15, 0.2) is 0 Å². The lowest BCUT2D eigenvalue weighted by Crippen LogP contribution is -2.11. The highest BCUT2D eigenvalue weighted by molar-refractivity contribution is 6.30. The minimum atomic E-state index is -0.468. The van der Waals surface area contributed by atoms with Gasteiger partial charge >= 0.3 is 0 Å². The van der Waals surface area contributed by atoms with Crippen LogP contribution >= 0.6 is 11.6 Å². The van der Waals surface area contributed by atoms with Gasteiger partial charge in [0.1, 0.15) is 5.82 Å². The molecule has 0 saturated heterocycles. The molecule has 0 aliphatic heterocycles. The van der Waals surface area contributed by atoms with E-state index in [2.05, 4.69) is 15.6 Å². The molecule has 1 N–H and O–H groups in total. The summed E-state index contributed by atoms with van der Waals surface area (Å²) in [5, 5.41) is 10.8. The Morgan fingerprint density at radius 3 is 3.00 bits per heavy atom. The number of rotatable bonds is 3. The van der Waals surface area contributed by atoms with Crippen molar-refractivity contribution in [2.45, 2.75) is 6.54 Å². The van der Waals surface area contributed by atoms with Gasteiger partial charge in [0, 0.05) is 12.6 Å². The van der Waals surface area contributed by atoms with E-state index < -0.39 is 5.82 Å². The molecule has 0 amide bonds. The van der Waals surface area contributed by atoms with Crippen LogP contribution in [0.25, 0.3) is 5.69 Å². The fourth-order valence-electron chi connectivity index (χ4n) is 1.39. The summed E-state index contributed by atoms with van der Waals surface area (Å²) in [5.41, 5.74) is 1.45. The highest BCUT2D eigenvalue weighted by Gasteiger charge is 2.07. The van der Waals surface area contributed by atoms with Crippen LogP contribution in [0.2, 0.25) is 5.02 Å². The smallest absolute Gasteiger partial charge is 0.143 e. The van der Waals surface area contributed by atoms with Gasteiger partial charge in [-0.2, -0.15) is 0 Å². The first-order valence-electron chi connectivity index (χ1n) is 4.72. The summed E-state index contributed by atoms with van der Waals surface area (Å²) in [6.07, 6.45) is 1.63. The van der Waals surface area contributed by atoms with E-state index in [9.17, 15) is 4.39 Å². The lowest BCUT2D eigenvalue weighted by molar-refractivity contribution is 0.623. The summed E-state index contributed by atoms with van der Waals surface area (Å²) in [4.78, 5) is 0. The molecule has 0 unspecified atom stereocenters. The third-order valence-corrected chi connectivity index (χ3v) is 2.43. The number of hydrogen-bond donors (Lipinski definition) is 1. The summed E-state index contributed by atoms with van der Waals surface area (Å²) < 4.78 is 14.8. The molecule has 1 heterocycles. The van der Waals surface area contributed by atoms with E-state index >= 15 is 0 Å². The van der Waals surface area contributed by atoms with Gasteiger partial charge in [0.05, 0.1) is 22.6 Å². The molecule has 0 bridgehead atoms. The SMILES string of the molecule is CNCc1cnnn1-c1ccc(Cl)c(F)c1. The maximum Gasteiger partial charge on any atom is 0.143 e. The predicted octanol–water partition coefficient (Wildman–Crippen LogP) is 1.78. The summed E-state index contributed by atoms with van der Waals surface area (Å²) >= 11 is 5.61. The second-order valence-corrected chi connectivity index (χ2v) is 3.67. The van der Waals surface area contributed by atoms with E-state index in [1.54, 1.807) is 16.9 Å². The highest BCUT2D eigenvalue weighted by atomic mass is 35.5. The molecule has 84 valence electrons. The zero-order valence-corrected chi connectivity index (χ0v) is 9.37. The van der Waals surface area contributed by atoms with Crippen LogP contribution in [0.3, 0.4) is 0 Å². The van der Waals surface area contributed by atoms with Crippen molar-refractivity contribution >= 4 is 11.6 Å². The Morgan fingerprint density at radius 1 is 1.50 bits per heavy atom. The Morgan fingerprint density at radius 2 is 2.31 bits per heavy atom. The molecule has 0 spiro atoms. The van der Waals surface area contributed by atoms with Crippen molar-refractivity contribution in [2.75, 3.05) is 7.05 Å². The molecule has 1 aromatic heterocycles. The van der Waals surface area contributed by atoms with Gasteiger partial charge in [-0.25, -0.2) is 9.07 Å². The Hall–Kier alpha value is -1.46. The second kappa shape index (κ2) is 4.59. The van der Waals surface area contributed by atoms with Crippen molar-refractivity contribution in [1.82, 2.24) is 20.3 Å². The summed E-state index contributed by atoms with van der Waals surface area (Å²) in [6, 6.07) is 4.52. The zero-order valence-electron chi connectivity index (χ0n) is 8.61. The van der Waals surface area contributed by atoms with Crippen molar-refractivity contribution in [2.24, 2.45) is 0 Å². The Bertz CT molecular complexity index is 497. The van der Waals surface area contributed by atoms with Gasteiger partial charge in [-0.05, 0) is 19.2 Å². The summed E-state index contributed by atoms with van der Waals surface area (Å²) in [5.74, 6) is -0.468. The zero-order chi connectivity index (χ0) is 11.5.